The Morgan fingerprint density at radius 1 is 1.05 bits per heavy atom. The van der Waals surface area contributed by atoms with Gasteiger partial charge in [0.25, 0.3) is 0 Å². The Labute approximate surface area is 132 Å². The van der Waals surface area contributed by atoms with Crippen molar-refractivity contribution in [3.63, 3.8) is 0 Å². The first-order chi connectivity index (χ1) is 9.75. The molecule has 0 aliphatic heterocycles. The highest BCUT2D eigenvalue weighted by Crippen LogP contribution is 2.21. The molecule has 0 spiro atoms. The van der Waals surface area contributed by atoms with Crippen molar-refractivity contribution in [3.8, 4) is 0 Å². The predicted molar refractivity (Wildman–Crippen MR) is 90.0 cm³/mol. The molecule has 0 aromatic heterocycles. The van der Waals surface area contributed by atoms with E-state index in [0.29, 0.717) is 6.42 Å². The number of carbonyl (C=O) groups excluding carboxylic acids is 1. The van der Waals surface area contributed by atoms with E-state index in [-0.39, 0.29) is 5.91 Å². The first-order valence-corrected chi connectivity index (χ1v) is 8.36. The van der Waals surface area contributed by atoms with Crippen molar-refractivity contribution >= 4 is 39.3 Å². The molecule has 1 amide bonds. The van der Waals surface area contributed by atoms with Gasteiger partial charge >= 0.3 is 0 Å². The molecule has 20 heavy (non-hydrogen) atoms. The third-order valence-corrected chi connectivity index (χ3v) is 4.53. The van der Waals surface area contributed by atoms with Crippen LogP contribution in [0.1, 0.15) is 12.0 Å². The summed E-state index contributed by atoms with van der Waals surface area (Å²) in [5.74, 6) is 1.80. The normalized spacial score (nSPS) is 10.2. The fraction of sp³-hybridized carbons (Fsp3) is 0.188. The Kier molecular flexibility index (Phi) is 6.15. The van der Waals surface area contributed by atoms with Gasteiger partial charge in [-0.05, 0) is 23.8 Å². The Hall–Kier alpha value is -1.26. The number of hydrogen-bond donors (Lipinski definition) is 1. The van der Waals surface area contributed by atoms with Crippen molar-refractivity contribution in [2.45, 2.75) is 12.2 Å². The van der Waals surface area contributed by atoms with Gasteiger partial charge in [-0.3, -0.25) is 4.79 Å². The molecule has 0 fully saturated rings. The molecule has 104 valence electrons. The van der Waals surface area contributed by atoms with E-state index in [0.717, 1.165) is 21.7 Å². The van der Waals surface area contributed by atoms with Crippen LogP contribution < -0.4 is 5.32 Å². The topological polar surface area (TPSA) is 29.1 Å². The number of thioether (sulfide) groups is 1. The zero-order valence-electron chi connectivity index (χ0n) is 11.0. The SMILES string of the molecule is O=C(CCSCc1ccccc1Br)Nc1ccccc1. The highest BCUT2D eigenvalue weighted by molar-refractivity contribution is 9.10. The smallest absolute Gasteiger partial charge is 0.225 e. The minimum absolute atomic E-state index is 0.0656. The van der Waals surface area contributed by atoms with Gasteiger partial charge in [0.15, 0.2) is 0 Å². The molecule has 2 aromatic rings. The van der Waals surface area contributed by atoms with Gasteiger partial charge in [0.2, 0.25) is 5.91 Å². The van der Waals surface area contributed by atoms with Crippen LogP contribution in [0.4, 0.5) is 5.69 Å². The largest absolute Gasteiger partial charge is 0.326 e. The molecule has 0 saturated carbocycles. The minimum Gasteiger partial charge on any atom is -0.326 e. The van der Waals surface area contributed by atoms with Gasteiger partial charge in [0.1, 0.15) is 0 Å². The fourth-order valence-corrected chi connectivity index (χ4v) is 3.26. The van der Waals surface area contributed by atoms with Gasteiger partial charge in [-0.2, -0.15) is 11.8 Å². The molecule has 0 heterocycles. The lowest BCUT2D eigenvalue weighted by Gasteiger charge is -2.06. The molecule has 0 atom stereocenters. The number of rotatable bonds is 6. The maximum Gasteiger partial charge on any atom is 0.225 e. The van der Waals surface area contributed by atoms with E-state index >= 15 is 0 Å². The molecule has 2 aromatic carbocycles. The highest BCUT2D eigenvalue weighted by atomic mass is 79.9. The van der Waals surface area contributed by atoms with Crippen molar-refractivity contribution in [2.24, 2.45) is 0 Å². The van der Waals surface area contributed by atoms with Crippen molar-refractivity contribution in [3.05, 3.63) is 64.6 Å². The predicted octanol–water partition coefficient (Wildman–Crippen LogP) is 4.71. The standard InChI is InChI=1S/C16H16BrNOS/c17-15-9-5-4-6-13(15)12-20-11-10-16(19)18-14-7-2-1-3-8-14/h1-9H,10-12H2,(H,18,19). The molecule has 2 nitrogen and oxygen atoms in total. The summed E-state index contributed by atoms with van der Waals surface area (Å²) in [6.45, 7) is 0. The zero-order chi connectivity index (χ0) is 14.2. The maximum atomic E-state index is 11.8. The molecule has 0 aliphatic carbocycles. The summed E-state index contributed by atoms with van der Waals surface area (Å²) in [6.07, 6.45) is 0.532. The second kappa shape index (κ2) is 8.12. The van der Waals surface area contributed by atoms with Crippen LogP contribution in [0.3, 0.4) is 0 Å². The van der Waals surface area contributed by atoms with Crippen molar-refractivity contribution < 1.29 is 4.79 Å². The lowest BCUT2D eigenvalue weighted by molar-refractivity contribution is -0.115. The van der Waals surface area contributed by atoms with Gasteiger partial charge in [-0.25, -0.2) is 0 Å². The number of nitrogens with one attached hydrogen (secondary N) is 1. The third kappa shape index (κ3) is 5.02. The second-order valence-corrected chi connectivity index (χ2v) is 6.27. The van der Waals surface area contributed by atoms with Gasteiger partial charge < -0.3 is 5.32 Å². The number of para-hydroxylation sites is 1. The number of amides is 1. The molecule has 0 saturated heterocycles. The average molecular weight is 350 g/mol. The Balaban J connectivity index is 1.69. The van der Waals surface area contributed by atoms with Crippen LogP contribution in [0.5, 0.6) is 0 Å². The highest BCUT2D eigenvalue weighted by Gasteiger charge is 2.03. The van der Waals surface area contributed by atoms with Crippen LogP contribution in [0.2, 0.25) is 0 Å². The van der Waals surface area contributed by atoms with Crippen LogP contribution in [-0.4, -0.2) is 11.7 Å². The first kappa shape index (κ1) is 15.1. The minimum atomic E-state index is 0.0656. The number of benzene rings is 2. The lowest BCUT2D eigenvalue weighted by atomic mass is 10.2. The maximum absolute atomic E-state index is 11.8. The summed E-state index contributed by atoms with van der Waals surface area (Å²) in [4.78, 5) is 11.8. The lowest BCUT2D eigenvalue weighted by Crippen LogP contribution is -2.12. The van der Waals surface area contributed by atoms with Crippen molar-refractivity contribution in [1.82, 2.24) is 0 Å². The van der Waals surface area contributed by atoms with Crippen LogP contribution in [0, 0.1) is 0 Å². The molecular formula is C16H16BrNOS. The summed E-state index contributed by atoms with van der Waals surface area (Å²) in [5, 5.41) is 2.89. The second-order valence-electron chi connectivity index (χ2n) is 4.31. The van der Waals surface area contributed by atoms with E-state index < -0.39 is 0 Å². The zero-order valence-corrected chi connectivity index (χ0v) is 13.4. The van der Waals surface area contributed by atoms with E-state index in [1.165, 1.54) is 5.56 Å². The Morgan fingerprint density at radius 2 is 1.75 bits per heavy atom. The molecule has 2 rings (SSSR count). The van der Waals surface area contributed by atoms with Crippen LogP contribution in [0.15, 0.2) is 59.1 Å². The fourth-order valence-electron chi connectivity index (χ4n) is 1.71. The molecule has 0 radical (unpaired) electrons. The van der Waals surface area contributed by atoms with E-state index in [2.05, 4.69) is 27.3 Å². The third-order valence-electron chi connectivity index (χ3n) is 2.75. The molecule has 0 aliphatic rings. The monoisotopic (exact) mass is 349 g/mol. The van der Waals surface area contributed by atoms with Crippen LogP contribution >= 0.6 is 27.7 Å². The number of carbonyl (C=O) groups is 1. The van der Waals surface area contributed by atoms with Gasteiger partial charge in [-0.15, -0.1) is 0 Å². The molecule has 1 N–H and O–H groups in total. The summed E-state index contributed by atoms with van der Waals surface area (Å²) in [6, 6.07) is 17.7. The van der Waals surface area contributed by atoms with Crippen molar-refractivity contribution in [1.29, 1.82) is 0 Å². The summed E-state index contributed by atoms with van der Waals surface area (Å²) in [5.41, 5.74) is 2.12. The Morgan fingerprint density at radius 3 is 2.50 bits per heavy atom. The van der Waals surface area contributed by atoms with Crippen molar-refractivity contribution in [2.75, 3.05) is 11.1 Å². The summed E-state index contributed by atoms with van der Waals surface area (Å²) in [7, 11) is 0. The average Bonchev–Trinajstić information content (AvgIpc) is 2.46. The van der Waals surface area contributed by atoms with Gasteiger partial charge in [-0.1, -0.05) is 52.3 Å². The number of hydrogen-bond acceptors (Lipinski definition) is 2. The molecule has 4 heteroatoms. The molecule has 0 bridgehead atoms. The quantitative estimate of drug-likeness (QED) is 0.765. The number of halogens is 1. The van der Waals surface area contributed by atoms with E-state index in [4.69, 9.17) is 0 Å². The van der Waals surface area contributed by atoms with E-state index in [1.54, 1.807) is 11.8 Å². The van der Waals surface area contributed by atoms with Gasteiger partial charge in [0, 0.05) is 28.1 Å². The summed E-state index contributed by atoms with van der Waals surface area (Å²) < 4.78 is 1.13. The Bertz CT molecular complexity index is 559. The van der Waals surface area contributed by atoms with Crippen LogP contribution in [0.25, 0.3) is 0 Å². The number of anilines is 1. The van der Waals surface area contributed by atoms with Crippen LogP contribution in [-0.2, 0) is 10.5 Å². The first-order valence-electron chi connectivity index (χ1n) is 6.42. The van der Waals surface area contributed by atoms with E-state index in [9.17, 15) is 4.79 Å². The summed E-state index contributed by atoms with van der Waals surface area (Å²) >= 11 is 5.30. The van der Waals surface area contributed by atoms with Gasteiger partial charge in [0.05, 0.1) is 0 Å². The van der Waals surface area contributed by atoms with E-state index in [1.807, 2.05) is 48.5 Å². The molecule has 0 unspecified atom stereocenters. The molecular weight excluding hydrogens is 334 g/mol.